The molecule has 3 aromatic rings. The van der Waals surface area contributed by atoms with E-state index in [2.05, 4.69) is 32.4 Å². The van der Waals surface area contributed by atoms with Crippen molar-refractivity contribution in [3.05, 3.63) is 60.3 Å². The van der Waals surface area contributed by atoms with Crippen LogP contribution in [0.5, 0.6) is 0 Å². The maximum Gasteiger partial charge on any atom is 0.276 e. The zero-order valence-electron chi connectivity index (χ0n) is 14.7. The molecule has 4 rings (SSSR count). The van der Waals surface area contributed by atoms with E-state index in [9.17, 15) is 4.79 Å². The second-order valence-electron chi connectivity index (χ2n) is 6.58. The average Bonchev–Trinajstić information content (AvgIpc) is 2.69. The fraction of sp³-hybridized carbons (Fsp3) is 0.250. The number of benzene rings is 2. The van der Waals surface area contributed by atoms with Crippen molar-refractivity contribution < 1.29 is 4.79 Å². The molecule has 0 aliphatic carbocycles. The van der Waals surface area contributed by atoms with E-state index in [0.29, 0.717) is 5.69 Å². The molecule has 0 saturated carbocycles. The summed E-state index contributed by atoms with van der Waals surface area (Å²) >= 11 is 0. The molecule has 132 valence electrons. The molecule has 6 heteroatoms. The Bertz CT molecular complexity index is 917. The van der Waals surface area contributed by atoms with Gasteiger partial charge in [-0.05, 0) is 43.4 Å². The van der Waals surface area contributed by atoms with Crippen molar-refractivity contribution in [2.24, 2.45) is 0 Å². The van der Waals surface area contributed by atoms with Gasteiger partial charge in [0.25, 0.3) is 5.91 Å². The Kier molecular flexibility index (Phi) is 4.50. The van der Waals surface area contributed by atoms with Gasteiger partial charge in [0.2, 0.25) is 0 Å². The van der Waals surface area contributed by atoms with Crippen molar-refractivity contribution >= 4 is 28.2 Å². The standard InChI is InChI=1S/C20H21N5O/c1-24-10-12-25(13-11-24)17-8-6-16(7-9-17)21-20(26)19-14-15-4-2-3-5-18(15)22-23-19/h2-9,14H,10-13H2,1H3,(H,21,26). The molecule has 1 fully saturated rings. The van der Waals surface area contributed by atoms with Gasteiger partial charge in [-0.25, -0.2) is 0 Å². The van der Waals surface area contributed by atoms with Gasteiger partial charge in [-0.3, -0.25) is 4.79 Å². The first kappa shape index (κ1) is 16.5. The normalized spacial score (nSPS) is 15.2. The number of aromatic nitrogens is 2. The SMILES string of the molecule is CN1CCN(c2ccc(NC(=O)c3cc4ccccc4nn3)cc2)CC1. The van der Waals surface area contributed by atoms with Crippen LogP contribution in [0.4, 0.5) is 11.4 Å². The zero-order valence-corrected chi connectivity index (χ0v) is 14.7. The highest BCUT2D eigenvalue weighted by Crippen LogP contribution is 2.20. The number of piperazine rings is 1. The molecule has 1 aliphatic rings. The monoisotopic (exact) mass is 347 g/mol. The minimum absolute atomic E-state index is 0.254. The molecule has 1 amide bonds. The molecule has 2 heterocycles. The highest BCUT2D eigenvalue weighted by molar-refractivity contribution is 6.04. The van der Waals surface area contributed by atoms with Crippen LogP contribution in [0.1, 0.15) is 10.5 Å². The fourth-order valence-corrected chi connectivity index (χ4v) is 3.11. The summed E-state index contributed by atoms with van der Waals surface area (Å²) in [7, 11) is 2.14. The molecule has 0 bridgehead atoms. The van der Waals surface area contributed by atoms with Crippen molar-refractivity contribution in [2.75, 3.05) is 43.4 Å². The molecular weight excluding hydrogens is 326 g/mol. The number of fused-ring (bicyclic) bond motifs is 1. The lowest BCUT2D eigenvalue weighted by molar-refractivity contribution is 0.102. The first-order valence-electron chi connectivity index (χ1n) is 8.76. The van der Waals surface area contributed by atoms with Crippen molar-refractivity contribution in [2.45, 2.75) is 0 Å². The summed E-state index contributed by atoms with van der Waals surface area (Å²) in [5, 5.41) is 11.9. The molecule has 1 saturated heterocycles. The van der Waals surface area contributed by atoms with Crippen molar-refractivity contribution in [1.29, 1.82) is 0 Å². The summed E-state index contributed by atoms with van der Waals surface area (Å²) in [4.78, 5) is 17.1. The third kappa shape index (κ3) is 3.50. The second-order valence-corrected chi connectivity index (χ2v) is 6.58. The fourth-order valence-electron chi connectivity index (χ4n) is 3.11. The van der Waals surface area contributed by atoms with Crippen LogP contribution in [0.15, 0.2) is 54.6 Å². The van der Waals surface area contributed by atoms with Gasteiger partial charge >= 0.3 is 0 Å². The predicted octanol–water partition coefficient (Wildman–Crippen LogP) is 2.63. The van der Waals surface area contributed by atoms with Gasteiger partial charge in [-0.2, -0.15) is 0 Å². The molecule has 0 spiro atoms. The number of carbonyl (C=O) groups excluding carboxylic acids is 1. The van der Waals surface area contributed by atoms with Gasteiger partial charge in [0.1, 0.15) is 0 Å². The molecule has 1 aliphatic heterocycles. The Morgan fingerprint density at radius 3 is 2.46 bits per heavy atom. The number of likely N-dealkylation sites (N-methyl/N-ethyl adjacent to an activating group) is 1. The van der Waals surface area contributed by atoms with E-state index >= 15 is 0 Å². The Balaban J connectivity index is 1.45. The largest absolute Gasteiger partial charge is 0.369 e. The minimum Gasteiger partial charge on any atom is -0.369 e. The van der Waals surface area contributed by atoms with E-state index < -0.39 is 0 Å². The van der Waals surface area contributed by atoms with Gasteiger partial charge in [0, 0.05) is 42.9 Å². The number of nitrogens with zero attached hydrogens (tertiary/aromatic N) is 4. The predicted molar refractivity (Wildman–Crippen MR) is 104 cm³/mol. The summed E-state index contributed by atoms with van der Waals surface area (Å²) in [5.74, 6) is -0.254. The van der Waals surface area contributed by atoms with Crippen molar-refractivity contribution in [1.82, 2.24) is 15.1 Å². The van der Waals surface area contributed by atoms with Gasteiger partial charge in [-0.1, -0.05) is 18.2 Å². The summed E-state index contributed by atoms with van der Waals surface area (Å²) in [6.45, 7) is 4.18. The Morgan fingerprint density at radius 2 is 1.69 bits per heavy atom. The topological polar surface area (TPSA) is 61.4 Å². The average molecular weight is 347 g/mol. The number of anilines is 2. The first-order valence-corrected chi connectivity index (χ1v) is 8.76. The van der Waals surface area contributed by atoms with Crippen LogP contribution in [-0.2, 0) is 0 Å². The molecule has 6 nitrogen and oxygen atoms in total. The Morgan fingerprint density at radius 1 is 0.962 bits per heavy atom. The minimum atomic E-state index is -0.254. The smallest absolute Gasteiger partial charge is 0.276 e. The summed E-state index contributed by atoms with van der Waals surface area (Å²) in [5.41, 5.74) is 3.02. The summed E-state index contributed by atoms with van der Waals surface area (Å²) in [6.07, 6.45) is 0. The maximum atomic E-state index is 12.5. The van der Waals surface area contributed by atoms with Crippen LogP contribution in [0.2, 0.25) is 0 Å². The summed E-state index contributed by atoms with van der Waals surface area (Å²) in [6, 6.07) is 17.3. The Hall–Kier alpha value is -2.99. The van der Waals surface area contributed by atoms with Crippen LogP contribution in [0.3, 0.4) is 0 Å². The van der Waals surface area contributed by atoms with Crippen LogP contribution in [0.25, 0.3) is 10.9 Å². The molecular formula is C20H21N5O. The maximum absolute atomic E-state index is 12.5. The quantitative estimate of drug-likeness (QED) is 0.789. The van der Waals surface area contributed by atoms with E-state index in [0.717, 1.165) is 42.8 Å². The molecule has 1 N–H and O–H groups in total. The highest BCUT2D eigenvalue weighted by atomic mass is 16.1. The summed E-state index contributed by atoms with van der Waals surface area (Å²) < 4.78 is 0. The number of hydrogen-bond acceptors (Lipinski definition) is 5. The lowest BCUT2D eigenvalue weighted by atomic mass is 10.2. The van der Waals surface area contributed by atoms with E-state index in [-0.39, 0.29) is 5.91 Å². The molecule has 1 aromatic heterocycles. The second kappa shape index (κ2) is 7.09. The number of rotatable bonds is 3. The third-order valence-electron chi connectivity index (χ3n) is 4.72. The lowest BCUT2D eigenvalue weighted by Gasteiger charge is -2.34. The van der Waals surface area contributed by atoms with E-state index in [4.69, 9.17) is 0 Å². The third-order valence-corrected chi connectivity index (χ3v) is 4.72. The molecule has 2 aromatic carbocycles. The van der Waals surface area contributed by atoms with Gasteiger partial charge in [0.15, 0.2) is 5.69 Å². The van der Waals surface area contributed by atoms with Crippen LogP contribution in [-0.4, -0.2) is 54.2 Å². The van der Waals surface area contributed by atoms with Crippen LogP contribution >= 0.6 is 0 Å². The number of carbonyl (C=O) groups is 1. The number of hydrogen-bond donors (Lipinski definition) is 1. The van der Waals surface area contributed by atoms with E-state index in [1.807, 2.05) is 48.5 Å². The number of nitrogens with one attached hydrogen (secondary N) is 1. The zero-order chi connectivity index (χ0) is 17.9. The molecule has 0 radical (unpaired) electrons. The molecule has 0 atom stereocenters. The van der Waals surface area contributed by atoms with Gasteiger partial charge in [0.05, 0.1) is 5.52 Å². The van der Waals surface area contributed by atoms with Gasteiger partial charge < -0.3 is 15.1 Å². The molecule has 26 heavy (non-hydrogen) atoms. The van der Waals surface area contributed by atoms with Gasteiger partial charge in [-0.15, -0.1) is 10.2 Å². The van der Waals surface area contributed by atoms with E-state index in [1.54, 1.807) is 6.07 Å². The van der Waals surface area contributed by atoms with Crippen molar-refractivity contribution in [3.63, 3.8) is 0 Å². The highest BCUT2D eigenvalue weighted by Gasteiger charge is 2.14. The molecule has 0 unspecified atom stereocenters. The Labute approximate surface area is 152 Å². The first-order chi connectivity index (χ1) is 12.7. The number of amides is 1. The van der Waals surface area contributed by atoms with Crippen LogP contribution in [0, 0.1) is 0 Å². The van der Waals surface area contributed by atoms with E-state index in [1.165, 1.54) is 5.69 Å². The van der Waals surface area contributed by atoms with Crippen molar-refractivity contribution in [3.8, 4) is 0 Å². The van der Waals surface area contributed by atoms with Crippen LogP contribution < -0.4 is 10.2 Å². The lowest BCUT2D eigenvalue weighted by Crippen LogP contribution is -2.44.